The van der Waals surface area contributed by atoms with Gasteiger partial charge in [0.1, 0.15) is 0 Å². The van der Waals surface area contributed by atoms with E-state index < -0.39 is 0 Å². The molecular formula is C13H16N6. The molecule has 1 N–H and O–H groups in total. The first kappa shape index (κ1) is 11.7. The summed E-state index contributed by atoms with van der Waals surface area (Å²) in [6, 6.07) is 2.04. The summed E-state index contributed by atoms with van der Waals surface area (Å²) >= 11 is 0. The molecule has 0 unspecified atom stereocenters. The predicted octanol–water partition coefficient (Wildman–Crippen LogP) is 1.83. The SMILES string of the molecule is Cc1nn(C)cc1-c1cc(-c2cn(C)nc2C)[nH]n1. The van der Waals surface area contributed by atoms with Crippen molar-refractivity contribution in [3.05, 3.63) is 29.8 Å². The highest BCUT2D eigenvalue weighted by molar-refractivity contribution is 5.69. The standard InChI is InChI=1S/C13H16N6/c1-8-10(6-18(3)16-8)12-5-13(15-14-12)11-7-19(4)17-9(11)2/h5-7H,1-4H3,(H,14,15). The summed E-state index contributed by atoms with van der Waals surface area (Å²) in [7, 11) is 3.83. The van der Waals surface area contributed by atoms with Crippen molar-refractivity contribution in [3.8, 4) is 22.5 Å². The molecule has 19 heavy (non-hydrogen) atoms. The van der Waals surface area contributed by atoms with Crippen molar-refractivity contribution in [1.29, 1.82) is 0 Å². The van der Waals surface area contributed by atoms with Gasteiger partial charge >= 0.3 is 0 Å². The van der Waals surface area contributed by atoms with Crippen LogP contribution in [0.3, 0.4) is 0 Å². The fourth-order valence-electron chi connectivity index (χ4n) is 2.31. The maximum Gasteiger partial charge on any atom is 0.0961 e. The monoisotopic (exact) mass is 256 g/mol. The van der Waals surface area contributed by atoms with Gasteiger partial charge in [-0.05, 0) is 19.9 Å². The highest BCUT2D eigenvalue weighted by Gasteiger charge is 2.13. The zero-order valence-corrected chi connectivity index (χ0v) is 11.5. The molecule has 0 atom stereocenters. The van der Waals surface area contributed by atoms with E-state index in [1.54, 1.807) is 9.36 Å². The summed E-state index contributed by atoms with van der Waals surface area (Å²) in [4.78, 5) is 0. The molecule has 0 aliphatic carbocycles. The largest absolute Gasteiger partial charge is 0.277 e. The van der Waals surface area contributed by atoms with Crippen LogP contribution < -0.4 is 0 Å². The van der Waals surface area contributed by atoms with E-state index in [4.69, 9.17) is 0 Å². The molecule has 3 aromatic rings. The fraction of sp³-hybridized carbons (Fsp3) is 0.308. The lowest BCUT2D eigenvalue weighted by molar-refractivity contribution is 0.756. The second-order valence-corrected chi connectivity index (χ2v) is 4.77. The van der Waals surface area contributed by atoms with Gasteiger partial charge < -0.3 is 0 Å². The lowest BCUT2D eigenvalue weighted by atomic mass is 10.1. The quantitative estimate of drug-likeness (QED) is 0.760. The van der Waals surface area contributed by atoms with Gasteiger partial charge in [-0.3, -0.25) is 14.5 Å². The van der Waals surface area contributed by atoms with Crippen LogP contribution >= 0.6 is 0 Å². The molecule has 0 radical (unpaired) electrons. The molecule has 0 spiro atoms. The number of H-pyrrole nitrogens is 1. The number of aromatic nitrogens is 6. The van der Waals surface area contributed by atoms with Crippen molar-refractivity contribution in [3.63, 3.8) is 0 Å². The van der Waals surface area contributed by atoms with E-state index in [2.05, 4.69) is 20.4 Å². The summed E-state index contributed by atoms with van der Waals surface area (Å²) in [5.74, 6) is 0. The molecule has 3 aromatic heterocycles. The third kappa shape index (κ3) is 1.95. The molecular weight excluding hydrogens is 240 g/mol. The van der Waals surface area contributed by atoms with Gasteiger partial charge in [0.15, 0.2) is 0 Å². The fourth-order valence-corrected chi connectivity index (χ4v) is 2.31. The molecule has 0 fully saturated rings. The number of nitrogens with zero attached hydrogens (tertiary/aromatic N) is 5. The minimum absolute atomic E-state index is 0.906. The van der Waals surface area contributed by atoms with Gasteiger partial charge in [0.2, 0.25) is 0 Å². The second kappa shape index (κ2) is 4.08. The highest BCUT2D eigenvalue weighted by Crippen LogP contribution is 2.26. The van der Waals surface area contributed by atoms with Crippen molar-refractivity contribution in [2.75, 3.05) is 0 Å². The number of aromatic amines is 1. The molecule has 3 heterocycles. The van der Waals surface area contributed by atoms with E-state index >= 15 is 0 Å². The number of aryl methyl sites for hydroxylation is 4. The van der Waals surface area contributed by atoms with Crippen molar-refractivity contribution in [2.24, 2.45) is 14.1 Å². The van der Waals surface area contributed by atoms with Gasteiger partial charge in [-0.2, -0.15) is 15.3 Å². The van der Waals surface area contributed by atoms with Crippen LogP contribution in [0.1, 0.15) is 11.4 Å². The maximum atomic E-state index is 4.37. The van der Waals surface area contributed by atoms with Gasteiger partial charge in [-0.15, -0.1) is 0 Å². The van der Waals surface area contributed by atoms with Crippen LogP contribution in [0.15, 0.2) is 18.5 Å². The Morgan fingerprint density at radius 2 is 1.53 bits per heavy atom. The average molecular weight is 256 g/mol. The van der Waals surface area contributed by atoms with Crippen LogP contribution in [0.4, 0.5) is 0 Å². The van der Waals surface area contributed by atoms with E-state index in [1.807, 2.05) is 46.4 Å². The third-order valence-corrected chi connectivity index (χ3v) is 3.17. The van der Waals surface area contributed by atoms with Crippen LogP contribution in [0.2, 0.25) is 0 Å². The zero-order valence-electron chi connectivity index (χ0n) is 11.5. The number of hydrogen-bond acceptors (Lipinski definition) is 3. The molecule has 98 valence electrons. The smallest absolute Gasteiger partial charge is 0.0961 e. The van der Waals surface area contributed by atoms with Crippen LogP contribution in [-0.4, -0.2) is 29.8 Å². The van der Waals surface area contributed by atoms with Gasteiger partial charge in [0.05, 0.1) is 22.8 Å². The van der Waals surface area contributed by atoms with Crippen molar-refractivity contribution >= 4 is 0 Å². The lowest BCUT2D eigenvalue weighted by Crippen LogP contribution is -1.86. The summed E-state index contributed by atoms with van der Waals surface area (Å²) in [5.41, 5.74) is 5.96. The van der Waals surface area contributed by atoms with Crippen LogP contribution in [-0.2, 0) is 14.1 Å². The summed E-state index contributed by atoms with van der Waals surface area (Å²) in [5, 5.41) is 16.1. The maximum absolute atomic E-state index is 4.37. The Balaban J connectivity index is 2.04. The normalized spacial score (nSPS) is 11.2. The molecule has 0 aliphatic heterocycles. The number of nitrogens with one attached hydrogen (secondary N) is 1. The van der Waals surface area contributed by atoms with E-state index in [9.17, 15) is 0 Å². The molecule has 0 aromatic carbocycles. The molecule has 6 nitrogen and oxygen atoms in total. The Kier molecular flexibility index (Phi) is 2.51. The van der Waals surface area contributed by atoms with E-state index in [-0.39, 0.29) is 0 Å². The molecule has 0 amide bonds. The Bertz CT molecular complexity index is 669. The van der Waals surface area contributed by atoms with Crippen molar-refractivity contribution in [1.82, 2.24) is 29.8 Å². The van der Waals surface area contributed by atoms with E-state index in [0.717, 1.165) is 33.9 Å². The first-order valence-corrected chi connectivity index (χ1v) is 6.11. The van der Waals surface area contributed by atoms with E-state index in [1.165, 1.54) is 0 Å². The first-order valence-electron chi connectivity index (χ1n) is 6.11. The van der Waals surface area contributed by atoms with Crippen molar-refractivity contribution in [2.45, 2.75) is 13.8 Å². The van der Waals surface area contributed by atoms with Gasteiger partial charge in [-0.25, -0.2) is 0 Å². The molecule has 0 saturated carbocycles. The number of rotatable bonds is 2. The molecule has 0 aliphatic rings. The van der Waals surface area contributed by atoms with Gasteiger partial charge in [0, 0.05) is 37.6 Å². The van der Waals surface area contributed by atoms with Crippen LogP contribution in [0, 0.1) is 13.8 Å². The Hall–Kier alpha value is -2.37. The summed E-state index contributed by atoms with van der Waals surface area (Å²) in [6.07, 6.45) is 3.97. The highest BCUT2D eigenvalue weighted by atomic mass is 15.3. The Labute approximate surface area is 111 Å². The molecule has 0 saturated heterocycles. The topological polar surface area (TPSA) is 64.3 Å². The van der Waals surface area contributed by atoms with Gasteiger partial charge in [0.25, 0.3) is 0 Å². The summed E-state index contributed by atoms with van der Waals surface area (Å²) < 4.78 is 3.61. The zero-order chi connectivity index (χ0) is 13.6. The Morgan fingerprint density at radius 3 is 2.05 bits per heavy atom. The molecule has 0 bridgehead atoms. The lowest BCUT2D eigenvalue weighted by Gasteiger charge is -1.91. The van der Waals surface area contributed by atoms with Crippen LogP contribution in [0.25, 0.3) is 22.5 Å². The number of hydrogen-bond donors (Lipinski definition) is 1. The van der Waals surface area contributed by atoms with Gasteiger partial charge in [-0.1, -0.05) is 0 Å². The molecule has 6 heteroatoms. The molecule has 3 rings (SSSR count). The minimum atomic E-state index is 0.906. The Morgan fingerprint density at radius 1 is 0.947 bits per heavy atom. The van der Waals surface area contributed by atoms with Crippen LogP contribution in [0.5, 0.6) is 0 Å². The average Bonchev–Trinajstić information content (AvgIpc) is 2.99. The van der Waals surface area contributed by atoms with E-state index in [0.29, 0.717) is 0 Å². The second-order valence-electron chi connectivity index (χ2n) is 4.77. The minimum Gasteiger partial charge on any atom is -0.277 e. The third-order valence-electron chi connectivity index (χ3n) is 3.17. The first-order chi connectivity index (χ1) is 9.04. The summed E-state index contributed by atoms with van der Waals surface area (Å²) in [6.45, 7) is 3.98. The predicted molar refractivity (Wildman–Crippen MR) is 72.5 cm³/mol. The van der Waals surface area contributed by atoms with Crippen molar-refractivity contribution < 1.29 is 0 Å².